The summed E-state index contributed by atoms with van der Waals surface area (Å²) in [7, 11) is 1.52. The summed E-state index contributed by atoms with van der Waals surface area (Å²) in [5.74, 6) is 0.00415. The molecule has 0 radical (unpaired) electrons. The maximum atomic E-state index is 11.7. The summed E-state index contributed by atoms with van der Waals surface area (Å²) >= 11 is 0. The number of carbonyl (C=O) groups is 2. The third-order valence-electron chi connectivity index (χ3n) is 4.19. The number of hydrogen-bond acceptors (Lipinski definition) is 6. The van der Waals surface area contributed by atoms with Crippen LogP contribution in [0.1, 0.15) is 45.8 Å². The van der Waals surface area contributed by atoms with Crippen LogP contribution in [0.4, 0.5) is 0 Å². The third-order valence-corrected chi connectivity index (χ3v) is 4.19. The number of esters is 2. The summed E-state index contributed by atoms with van der Waals surface area (Å²) < 4.78 is 21.5. The molecule has 0 amide bonds. The topological polar surface area (TPSA) is 74.4 Å². The Balaban J connectivity index is 1.95. The van der Waals surface area contributed by atoms with Crippen LogP contribution in [0.25, 0.3) is 0 Å². The predicted octanol–water partition coefficient (Wildman–Crippen LogP) is 3.29. The van der Waals surface area contributed by atoms with E-state index in [-0.39, 0.29) is 42.6 Å². The molecule has 1 fully saturated rings. The van der Waals surface area contributed by atoms with Crippen molar-refractivity contribution in [2.75, 3.05) is 13.7 Å². The maximum Gasteiger partial charge on any atom is 0.313 e. The molecule has 6 nitrogen and oxygen atoms in total. The molecular formula is C19H26O6. The van der Waals surface area contributed by atoms with E-state index >= 15 is 0 Å². The van der Waals surface area contributed by atoms with Crippen molar-refractivity contribution in [3.05, 3.63) is 23.8 Å². The van der Waals surface area contributed by atoms with Gasteiger partial charge in [-0.1, -0.05) is 33.8 Å². The van der Waals surface area contributed by atoms with E-state index in [4.69, 9.17) is 18.9 Å². The molecule has 0 N–H and O–H groups in total. The van der Waals surface area contributed by atoms with E-state index in [9.17, 15) is 9.59 Å². The molecular weight excluding hydrogens is 324 g/mol. The third kappa shape index (κ3) is 4.95. The molecule has 0 spiro atoms. The highest BCUT2D eigenvalue weighted by Crippen LogP contribution is 2.42. The second-order valence-corrected chi connectivity index (χ2v) is 6.52. The second kappa shape index (κ2) is 8.34. The maximum absolute atomic E-state index is 11.7. The Morgan fingerprint density at radius 2 is 1.88 bits per heavy atom. The molecule has 1 aliphatic rings. The predicted molar refractivity (Wildman–Crippen MR) is 91.5 cm³/mol. The zero-order valence-electron chi connectivity index (χ0n) is 15.4. The molecule has 138 valence electrons. The number of carbonyl (C=O) groups excluding carboxylic acids is 2. The van der Waals surface area contributed by atoms with Crippen LogP contribution in [-0.2, 0) is 19.1 Å². The van der Waals surface area contributed by atoms with E-state index in [1.807, 2.05) is 19.9 Å². The van der Waals surface area contributed by atoms with Crippen LogP contribution in [0.5, 0.6) is 11.5 Å². The lowest BCUT2D eigenvalue weighted by Crippen LogP contribution is -2.17. The Morgan fingerprint density at radius 1 is 1.16 bits per heavy atom. The van der Waals surface area contributed by atoms with Gasteiger partial charge in [0.2, 0.25) is 0 Å². The van der Waals surface area contributed by atoms with E-state index in [2.05, 4.69) is 0 Å². The minimum absolute atomic E-state index is 0.104. The SMILES string of the molecule is CCC(C)C(=O)OCC1OC1c1ccc(OC(=O)C(C)C)c(OC)c1. The molecule has 0 saturated carbocycles. The largest absolute Gasteiger partial charge is 0.493 e. The molecule has 3 unspecified atom stereocenters. The first-order valence-electron chi connectivity index (χ1n) is 8.59. The Kier molecular flexibility index (Phi) is 6.42. The fourth-order valence-electron chi connectivity index (χ4n) is 2.21. The van der Waals surface area contributed by atoms with Crippen molar-refractivity contribution in [1.82, 2.24) is 0 Å². The van der Waals surface area contributed by atoms with Crippen LogP contribution in [-0.4, -0.2) is 31.8 Å². The minimum Gasteiger partial charge on any atom is -0.493 e. The van der Waals surface area contributed by atoms with Gasteiger partial charge in [0.1, 0.15) is 18.8 Å². The Hall–Kier alpha value is -2.08. The van der Waals surface area contributed by atoms with Gasteiger partial charge in [-0.05, 0) is 24.1 Å². The van der Waals surface area contributed by atoms with Crippen molar-refractivity contribution in [2.45, 2.75) is 46.3 Å². The highest BCUT2D eigenvalue weighted by Gasteiger charge is 2.41. The lowest BCUT2D eigenvalue weighted by Gasteiger charge is -2.11. The van der Waals surface area contributed by atoms with Crippen LogP contribution < -0.4 is 9.47 Å². The zero-order valence-corrected chi connectivity index (χ0v) is 15.4. The van der Waals surface area contributed by atoms with Gasteiger partial charge in [-0.3, -0.25) is 9.59 Å². The summed E-state index contributed by atoms with van der Waals surface area (Å²) in [5, 5.41) is 0. The summed E-state index contributed by atoms with van der Waals surface area (Å²) in [6, 6.07) is 5.30. The number of ether oxygens (including phenoxy) is 4. The molecule has 0 aliphatic carbocycles. The highest BCUT2D eigenvalue weighted by atomic mass is 16.6. The normalized spacial score (nSPS) is 20.1. The van der Waals surface area contributed by atoms with Crippen LogP contribution in [0, 0.1) is 11.8 Å². The van der Waals surface area contributed by atoms with Crippen molar-refractivity contribution in [2.24, 2.45) is 11.8 Å². The smallest absolute Gasteiger partial charge is 0.313 e. The molecule has 3 atom stereocenters. The fourth-order valence-corrected chi connectivity index (χ4v) is 2.21. The average molecular weight is 350 g/mol. The van der Waals surface area contributed by atoms with Gasteiger partial charge in [0.15, 0.2) is 11.5 Å². The summed E-state index contributed by atoms with van der Waals surface area (Å²) in [6.07, 6.45) is 0.455. The summed E-state index contributed by atoms with van der Waals surface area (Å²) in [5.41, 5.74) is 0.894. The number of hydrogen-bond donors (Lipinski definition) is 0. The van der Waals surface area contributed by atoms with Crippen molar-refractivity contribution in [3.8, 4) is 11.5 Å². The van der Waals surface area contributed by atoms with E-state index in [1.165, 1.54) is 7.11 Å². The van der Waals surface area contributed by atoms with E-state index in [0.717, 1.165) is 12.0 Å². The minimum atomic E-state index is -0.316. The van der Waals surface area contributed by atoms with Crippen LogP contribution in [0.3, 0.4) is 0 Å². The van der Waals surface area contributed by atoms with Gasteiger partial charge in [0, 0.05) is 0 Å². The molecule has 0 bridgehead atoms. The van der Waals surface area contributed by atoms with Gasteiger partial charge in [-0.25, -0.2) is 0 Å². The number of rotatable bonds is 8. The summed E-state index contributed by atoms with van der Waals surface area (Å²) in [4.78, 5) is 23.4. The Morgan fingerprint density at radius 3 is 2.48 bits per heavy atom. The van der Waals surface area contributed by atoms with Crippen molar-refractivity contribution in [1.29, 1.82) is 0 Å². The van der Waals surface area contributed by atoms with Gasteiger partial charge in [0.05, 0.1) is 18.9 Å². The first-order chi connectivity index (χ1) is 11.9. The molecule has 1 aromatic carbocycles. The molecule has 1 saturated heterocycles. The first kappa shape index (κ1) is 19.2. The first-order valence-corrected chi connectivity index (χ1v) is 8.59. The van der Waals surface area contributed by atoms with Crippen molar-refractivity contribution >= 4 is 11.9 Å². The number of benzene rings is 1. The highest BCUT2D eigenvalue weighted by molar-refractivity contribution is 5.75. The fraction of sp³-hybridized carbons (Fsp3) is 0.579. The number of methoxy groups -OCH3 is 1. The molecule has 1 heterocycles. The van der Waals surface area contributed by atoms with E-state index < -0.39 is 0 Å². The molecule has 0 aromatic heterocycles. The molecule has 6 heteroatoms. The van der Waals surface area contributed by atoms with Crippen LogP contribution >= 0.6 is 0 Å². The monoisotopic (exact) mass is 350 g/mol. The van der Waals surface area contributed by atoms with E-state index in [1.54, 1.807) is 26.0 Å². The lowest BCUT2D eigenvalue weighted by atomic mass is 10.1. The average Bonchev–Trinajstić information content (AvgIpc) is 3.38. The summed E-state index contributed by atoms with van der Waals surface area (Å²) in [6.45, 7) is 7.57. The van der Waals surface area contributed by atoms with Gasteiger partial charge >= 0.3 is 11.9 Å². The molecule has 25 heavy (non-hydrogen) atoms. The second-order valence-electron chi connectivity index (χ2n) is 6.52. The van der Waals surface area contributed by atoms with Crippen molar-refractivity contribution in [3.63, 3.8) is 0 Å². The standard InChI is InChI=1S/C19H26O6/c1-6-12(4)19(21)23-10-16-17(24-16)13-7-8-14(15(9-13)22-5)25-18(20)11(2)3/h7-9,11-12,16-17H,6,10H2,1-5H3. The molecule has 2 rings (SSSR count). The van der Waals surface area contributed by atoms with Gasteiger partial charge in [0.25, 0.3) is 0 Å². The van der Waals surface area contributed by atoms with E-state index in [0.29, 0.717) is 11.5 Å². The number of epoxide rings is 1. The van der Waals surface area contributed by atoms with Crippen LogP contribution in [0.15, 0.2) is 18.2 Å². The van der Waals surface area contributed by atoms with Gasteiger partial charge < -0.3 is 18.9 Å². The van der Waals surface area contributed by atoms with Gasteiger partial charge in [-0.15, -0.1) is 0 Å². The quantitative estimate of drug-likeness (QED) is 0.407. The lowest BCUT2D eigenvalue weighted by molar-refractivity contribution is -0.148. The molecule has 1 aromatic rings. The Labute approximate surface area is 148 Å². The van der Waals surface area contributed by atoms with Gasteiger partial charge in [-0.2, -0.15) is 0 Å². The Bertz CT molecular complexity index is 624. The molecule has 1 aliphatic heterocycles. The zero-order chi connectivity index (χ0) is 18.6. The van der Waals surface area contributed by atoms with Crippen molar-refractivity contribution < 1.29 is 28.5 Å². The van der Waals surface area contributed by atoms with Crippen LogP contribution in [0.2, 0.25) is 0 Å².